The summed E-state index contributed by atoms with van der Waals surface area (Å²) >= 11 is 0. The van der Waals surface area contributed by atoms with Gasteiger partial charge in [-0.3, -0.25) is 14.9 Å². The Balaban J connectivity index is 2.21. The van der Waals surface area contributed by atoms with E-state index < -0.39 is 34.7 Å². The van der Waals surface area contributed by atoms with Crippen molar-refractivity contribution < 1.29 is 19.1 Å². The van der Waals surface area contributed by atoms with Crippen LogP contribution in [0.15, 0.2) is 104 Å². The number of ether oxygens (including phenoxy) is 2. The number of benzene rings is 3. The summed E-state index contributed by atoms with van der Waals surface area (Å²) in [6.45, 7) is 14.9. The van der Waals surface area contributed by atoms with E-state index in [4.69, 9.17) is 9.47 Å². The van der Waals surface area contributed by atoms with Crippen LogP contribution >= 0.6 is 0 Å². The van der Waals surface area contributed by atoms with E-state index >= 15 is 0 Å². The summed E-state index contributed by atoms with van der Waals surface area (Å²) in [5, 5.41) is 3.73. The van der Waals surface area contributed by atoms with Crippen LogP contribution in [0.25, 0.3) is 0 Å². The van der Waals surface area contributed by atoms with Gasteiger partial charge in [0.15, 0.2) is 0 Å². The number of carbonyl (C=O) groups excluding carboxylic acids is 2. The van der Waals surface area contributed by atoms with Crippen LogP contribution in [-0.4, -0.2) is 29.2 Å². The number of esters is 2. The zero-order chi connectivity index (χ0) is 29.4. The number of nitrogens with one attached hydrogen (secondary N) is 1. The SMILES string of the molecule is C=CCC(C[C@H](NC(c1ccccc1)(c1ccccc1)c1ccccc1)C(=O)OC(C)(C)C)C(=O)OC(C)(C)C. The lowest BCUT2D eigenvalue weighted by Gasteiger charge is -2.40. The molecule has 3 aromatic carbocycles. The molecule has 0 saturated heterocycles. The highest BCUT2D eigenvalue weighted by Crippen LogP contribution is 2.38. The van der Waals surface area contributed by atoms with Crippen molar-refractivity contribution in [1.29, 1.82) is 0 Å². The number of hydrogen-bond donors (Lipinski definition) is 1. The topological polar surface area (TPSA) is 64.6 Å². The summed E-state index contributed by atoms with van der Waals surface area (Å²) in [5.41, 5.74) is 0.576. The van der Waals surface area contributed by atoms with Crippen molar-refractivity contribution in [2.75, 3.05) is 0 Å². The normalized spacial score (nSPS) is 13.7. The molecule has 0 fully saturated rings. The van der Waals surface area contributed by atoms with Crippen LogP contribution in [0.3, 0.4) is 0 Å². The molecule has 3 aromatic rings. The summed E-state index contributed by atoms with van der Waals surface area (Å²) in [6.07, 6.45) is 2.23. The molecule has 212 valence electrons. The summed E-state index contributed by atoms with van der Waals surface area (Å²) in [6, 6.07) is 29.3. The molecule has 0 spiro atoms. The van der Waals surface area contributed by atoms with Crippen LogP contribution in [0.1, 0.15) is 71.1 Å². The summed E-state index contributed by atoms with van der Waals surface area (Å²) in [7, 11) is 0. The molecule has 5 heteroatoms. The van der Waals surface area contributed by atoms with E-state index in [1.807, 2.05) is 133 Å². The fraction of sp³-hybridized carbons (Fsp3) is 0.371. The largest absolute Gasteiger partial charge is 0.460 e. The number of hydrogen-bond acceptors (Lipinski definition) is 5. The first-order valence-corrected chi connectivity index (χ1v) is 13.9. The maximum atomic E-state index is 13.9. The Morgan fingerprint density at radius 1 is 0.700 bits per heavy atom. The van der Waals surface area contributed by atoms with Gasteiger partial charge in [-0.2, -0.15) is 0 Å². The third-order valence-electron chi connectivity index (χ3n) is 6.41. The van der Waals surface area contributed by atoms with Gasteiger partial charge in [-0.15, -0.1) is 6.58 Å². The lowest BCUT2D eigenvalue weighted by molar-refractivity contribution is -0.162. The number of allylic oxidation sites excluding steroid dienone is 1. The Bertz CT molecular complexity index is 1140. The van der Waals surface area contributed by atoms with Crippen LogP contribution in [0.2, 0.25) is 0 Å². The third-order valence-corrected chi connectivity index (χ3v) is 6.41. The van der Waals surface area contributed by atoms with Crippen molar-refractivity contribution in [2.24, 2.45) is 5.92 Å². The molecule has 2 atom stereocenters. The van der Waals surface area contributed by atoms with Crippen LogP contribution in [0.4, 0.5) is 0 Å². The minimum Gasteiger partial charge on any atom is -0.460 e. The van der Waals surface area contributed by atoms with E-state index in [0.717, 1.165) is 16.7 Å². The molecule has 0 saturated carbocycles. The lowest BCUT2D eigenvalue weighted by atomic mass is 9.76. The summed E-state index contributed by atoms with van der Waals surface area (Å²) in [5.74, 6) is -1.40. The molecular formula is C35H43NO4. The minimum atomic E-state index is -0.919. The monoisotopic (exact) mass is 541 g/mol. The smallest absolute Gasteiger partial charge is 0.323 e. The fourth-order valence-electron chi connectivity index (χ4n) is 4.82. The van der Waals surface area contributed by atoms with E-state index in [-0.39, 0.29) is 12.4 Å². The van der Waals surface area contributed by atoms with E-state index in [0.29, 0.717) is 6.42 Å². The van der Waals surface area contributed by atoms with Crippen LogP contribution in [0.5, 0.6) is 0 Å². The van der Waals surface area contributed by atoms with Gasteiger partial charge >= 0.3 is 11.9 Å². The summed E-state index contributed by atoms with van der Waals surface area (Å²) in [4.78, 5) is 27.2. The highest BCUT2D eigenvalue weighted by atomic mass is 16.6. The molecule has 0 radical (unpaired) electrons. The molecule has 0 aliphatic heterocycles. The summed E-state index contributed by atoms with van der Waals surface area (Å²) < 4.78 is 11.7. The first-order chi connectivity index (χ1) is 18.9. The molecule has 5 nitrogen and oxygen atoms in total. The Morgan fingerprint density at radius 2 is 1.07 bits per heavy atom. The molecule has 1 unspecified atom stereocenters. The van der Waals surface area contributed by atoms with E-state index in [9.17, 15) is 9.59 Å². The first-order valence-electron chi connectivity index (χ1n) is 13.9. The van der Waals surface area contributed by atoms with Gasteiger partial charge in [-0.25, -0.2) is 0 Å². The van der Waals surface area contributed by atoms with Crippen LogP contribution in [-0.2, 0) is 24.6 Å². The molecule has 0 aromatic heterocycles. The molecule has 0 aliphatic carbocycles. The van der Waals surface area contributed by atoms with Gasteiger partial charge in [0, 0.05) is 0 Å². The standard InChI is InChI=1S/C35H43NO4/c1-8-18-26(31(37)39-33(2,3)4)25-30(32(38)40-34(5,6)7)36-35(27-19-12-9-13-20-27,28-21-14-10-15-22-28)29-23-16-11-17-24-29/h8-17,19-24,26,30,36H,1,18,25H2,2-7H3/t26?,30-/m0/s1. The van der Waals surface area contributed by atoms with Gasteiger partial charge in [-0.05, 0) is 71.1 Å². The predicted octanol–water partition coefficient (Wildman–Crippen LogP) is 7.20. The molecule has 40 heavy (non-hydrogen) atoms. The fourth-order valence-corrected chi connectivity index (χ4v) is 4.82. The highest BCUT2D eigenvalue weighted by molar-refractivity contribution is 5.79. The predicted molar refractivity (Wildman–Crippen MR) is 161 cm³/mol. The van der Waals surface area contributed by atoms with Crippen molar-refractivity contribution in [3.8, 4) is 0 Å². The average molecular weight is 542 g/mol. The zero-order valence-electron chi connectivity index (χ0n) is 24.6. The first kappa shape index (κ1) is 30.8. The quantitative estimate of drug-likeness (QED) is 0.158. The highest BCUT2D eigenvalue weighted by Gasteiger charge is 2.42. The Morgan fingerprint density at radius 3 is 1.43 bits per heavy atom. The van der Waals surface area contributed by atoms with Crippen molar-refractivity contribution in [2.45, 2.75) is 77.2 Å². The maximum absolute atomic E-state index is 13.9. The van der Waals surface area contributed by atoms with Crippen molar-refractivity contribution in [3.63, 3.8) is 0 Å². The van der Waals surface area contributed by atoms with Gasteiger partial charge in [0.05, 0.1) is 11.5 Å². The van der Waals surface area contributed by atoms with E-state index in [2.05, 4.69) is 11.9 Å². The van der Waals surface area contributed by atoms with E-state index in [1.54, 1.807) is 6.08 Å². The van der Waals surface area contributed by atoms with Crippen LogP contribution < -0.4 is 5.32 Å². The van der Waals surface area contributed by atoms with Crippen molar-refractivity contribution >= 4 is 11.9 Å². The number of rotatable bonds is 11. The van der Waals surface area contributed by atoms with Crippen LogP contribution in [0, 0.1) is 5.92 Å². The molecule has 0 amide bonds. The van der Waals surface area contributed by atoms with Gasteiger partial charge in [0.1, 0.15) is 17.2 Å². The molecule has 0 heterocycles. The van der Waals surface area contributed by atoms with Gasteiger partial charge in [0.2, 0.25) is 0 Å². The third kappa shape index (κ3) is 8.15. The van der Waals surface area contributed by atoms with E-state index in [1.165, 1.54) is 0 Å². The Hall–Kier alpha value is -3.70. The molecule has 1 N–H and O–H groups in total. The zero-order valence-corrected chi connectivity index (χ0v) is 24.6. The van der Waals surface area contributed by atoms with Gasteiger partial charge in [-0.1, -0.05) is 97.1 Å². The average Bonchev–Trinajstić information content (AvgIpc) is 2.90. The Labute approximate surface area is 239 Å². The van der Waals surface area contributed by atoms with Crippen molar-refractivity contribution in [3.05, 3.63) is 120 Å². The number of carbonyl (C=O) groups is 2. The molecular weight excluding hydrogens is 498 g/mol. The second-order valence-electron chi connectivity index (χ2n) is 12.1. The molecule has 0 aliphatic rings. The second-order valence-corrected chi connectivity index (χ2v) is 12.1. The Kier molecular flexibility index (Phi) is 10.1. The second kappa shape index (κ2) is 13.1. The lowest BCUT2D eigenvalue weighted by Crippen LogP contribution is -2.54. The molecule has 3 rings (SSSR count). The molecule has 0 bridgehead atoms. The minimum absolute atomic E-state index is 0.171. The maximum Gasteiger partial charge on any atom is 0.323 e. The van der Waals surface area contributed by atoms with Gasteiger partial charge in [0.25, 0.3) is 0 Å². The van der Waals surface area contributed by atoms with Crippen molar-refractivity contribution in [1.82, 2.24) is 5.32 Å². The van der Waals surface area contributed by atoms with Gasteiger partial charge < -0.3 is 9.47 Å².